The molecule has 1 unspecified atom stereocenters. The lowest BCUT2D eigenvalue weighted by atomic mass is 10.2. The van der Waals surface area contributed by atoms with Crippen molar-refractivity contribution >= 4 is 5.91 Å². The summed E-state index contributed by atoms with van der Waals surface area (Å²) in [5.41, 5.74) is 0. The van der Waals surface area contributed by atoms with Crippen LogP contribution in [0.1, 0.15) is 51.9 Å². The molecule has 0 saturated carbocycles. The van der Waals surface area contributed by atoms with Gasteiger partial charge in [0.25, 0.3) is 0 Å². The first-order valence-corrected chi connectivity index (χ1v) is 10.2. The third kappa shape index (κ3) is 20.1. The molecule has 0 radical (unpaired) electrons. The number of carbonyl (C=O) groups excluding carboxylic acids is 1. The molecular formula is C24H37NO3. The number of hydrogen-bond acceptors (Lipinski definition) is 3. The van der Waals surface area contributed by atoms with Crippen LogP contribution in [0.3, 0.4) is 0 Å². The summed E-state index contributed by atoms with van der Waals surface area (Å²) in [6.07, 6.45) is 29.2. The molecule has 0 bridgehead atoms. The molecule has 0 aliphatic rings. The Bertz CT molecular complexity index is 542. The van der Waals surface area contributed by atoms with Crippen molar-refractivity contribution in [1.29, 1.82) is 0 Å². The first kappa shape index (κ1) is 25.8. The molecule has 3 N–H and O–H groups in total. The summed E-state index contributed by atoms with van der Waals surface area (Å²) in [7, 11) is 0. The van der Waals surface area contributed by atoms with Crippen LogP contribution in [0.15, 0.2) is 72.9 Å². The molecule has 0 fully saturated rings. The summed E-state index contributed by atoms with van der Waals surface area (Å²) in [6, 6.07) is 0. The van der Waals surface area contributed by atoms with E-state index in [1.807, 2.05) is 36.5 Å². The molecule has 0 rings (SSSR count). The summed E-state index contributed by atoms with van der Waals surface area (Å²) >= 11 is 0. The van der Waals surface area contributed by atoms with Crippen LogP contribution in [0.25, 0.3) is 0 Å². The van der Waals surface area contributed by atoms with E-state index < -0.39 is 6.10 Å². The van der Waals surface area contributed by atoms with Gasteiger partial charge in [0.15, 0.2) is 0 Å². The molecule has 4 heteroatoms. The van der Waals surface area contributed by atoms with E-state index in [9.17, 15) is 9.90 Å². The van der Waals surface area contributed by atoms with Gasteiger partial charge in [0.2, 0.25) is 5.91 Å². The Morgan fingerprint density at radius 3 is 2.25 bits per heavy atom. The van der Waals surface area contributed by atoms with Crippen LogP contribution >= 0.6 is 0 Å². The van der Waals surface area contributed by atoms with E-state index >= 15 is 0 Å². The minimum absolute atomic E-state index is 0.0228. The fraction of sp³-hybridized carbons (Fsp3) is 0.458. The Morgan fingerprint density at radius 1 is 0.893 bits per heavy atom. The van der Waals surface area contributed by atoms with Gasteiger partial charge in [-0.25, -0.2) is 0 Å². The second kappa shape index (κ2) is 21.1. The Balaban J connectivity index is 3.70. The molecule has 0 saturated heterocycles. The van der Waals surface area contributed by atoms with Gasteiger partial charge in [-0.2, -0.15) is 0 Å². The van der Waals surface area contributed by atoms with Crippen LogP contribution in [-0.2, 0) is 4.79 Å². The SMILES string of the molecule is CC/C=C\C/C=C\C=C\C(O)C/C=C\C/C=C\C/C=C\CCC(=O)NCCO. The molecule has 0 aromatic heterocycles. The lowest BCUT2D eigenvalue weighted by molar-refractivity contribution is -0.121. The first-order chi connectivity index (χ1) is 13.7. The predicted molar refractivity (Wildman–Crippen MR) is 119 cm³/mol. The number of carbonyl (C=O) groups is 1. The Labute approximate surface area is 170 Å². The number of rotatable bonds is 16. The van der Waals surface area contributed by atoms with E-state index in [0.29, 0.717) is 25.8 Å². The predicted octanol–water partition coefficient (Wildman–Crippen LogP) is 4.54. The molecule has 0 aliphatic heterocycles. The molecule has 0 aromatic carbocycles. The van der Waals surface area contributed by atoms with Crippen molar-refractivity contribution in [1.82, 2.24) is 5.32 Å². The Hall–Kier alpha value is -2.17. The fourth-order valence-electron chi connectivity index (χ4n) is 2.16. The topological polar surface area (TPSA) is 69.6 Å². The number of allylic oxidation sites excluding steroid dienone is 10. The zero-order chi connectivity index (χ0) is 20.7. The molecule has 0 aromatic rings. The van der Waals surface area contributed by atoms with Crippen LogP contribution in [0.5, 0.6) is 0 Å². The van der Waals surface area contributed by atoms with Gasteiger partial charge >= 0.3 is 0 Å². The van der Waals surface area contributed by atoms with Crippen LogP contribution in [0, 0.1) is 0 Å². The second-order valence-corrected chi connectivity index (χ2v) is 6.23. The normalized spacial score (nSPS) is 14.0. The molecule has 0 spiro atoms. The van der Waals surface area contributed by atoms with E-state index in [-0.39, 0.29) is 12.5 Å². The van der Waals surface area contributed by atoms with E-state index in [4.69, 9.17) is 5.11 Å². The highest BCUT2D eigenvalue weighted by molar-refractivity contribution is 5.75. The monoisotopic (exact) mass is 387 g/mol. The molecule has 0 heterocycles. The highest BCUT2D eigenvalue weighted by atomic mass is 16.3. The molecule has 156 valence electrons. The van der Waals surface area contributed by atoms with Gasteiger partial charge in [-0.3, -0.25) is 4.79 Å². The van der Waals surface area contributed by atoms with Crippen molar-refractivity contribution in [3.05, 3.63) is 72.9 Å². The third-order valence-corrected chi connectivity index (χ3v) is 3.65. The van der Waals surface area contributed by atoms with Gasteiger partial charge in [-0.05, 0) is 38.5 Å². The second-order valence-electron chi connectivity index (χ2n) is 6.23. The van der Waals surface area contributed by atoms with Gasteiger partial charge in [0, 0.05) is 13.0 Å². The third-order valence-electron chi connectivity index (χ3n) is 3.65. The summed E-state index contributed by atoms with van der Waals surface area (Å²) in [4.78, 5) is 11.3. The zero-order valence-corrected chi connectivity index (χ0v) is 17.2. The molecule has 28 heavy (non-hydrogen) atoms. The average molecular weight is 388 g/mol. The fourth-order valence-corrected chi connectivity index (χ4v) is 2.16. The van der Waals surface area contributed by atoms with Crippen LogP contribution in [-0.4, -0.2) is 35.4 Å². The Morgan fingerprint density at radius 2 is 1.54 bits per heavy atom. The smallest absolute Gasteiger partial charge is 0.220 e. The largest absolute Gasteiger partial charge is 0.395 e. The lowest BCUT2D eigenvalue weighted by Gasteiger charge is -1.99. The lowest BCUT2D eigenvalue weighted by Crippen LogP contribution is -2.25. The van der Waals surface area contributed by atoms with Crippen molar-refractivity contribution in [3.63, 3.8) is 0 Å². The van der Waals surface area contributed by atoms with Crippen molar-refractivity contribution in [2.45, 2.75) is 58.0 Å². The van der Waals surface area contributed by atoms with E-state index in [0.717, 1.165) is 25.7 Å². The maximum absolute atomic E-state index is 11.3. The number of nitrogens with one attached hydrogen (secondary N) is 1. The maximum atomic E-state index is 11.3. The average Bonchev–Trinajstić information content (AvgIpc) is 2.69. The number of aliphatic hydroxyl groups is 2. The molecule has 4 nitrogen and oxygen atoms in total. The molecule has 1 atom stereocenters. The van der Waals surface area contributed by atoms with Gasteiger partial charge in [-0.15, -0.1) is 0 Å². The van der Waals surface area contributed by atoms with Crippen molar-refractivity contribution in [3.8, 4) is 0 Å². The highest BCUT2D eigenvalue weighted by Crippen LogP contribution is 1.99. The Kier molecular flexibility index (Phi) is 19.5. The highest BCUT2D eigenvalue weighted by Gasteiger charge is 1.96. The van der Waals surface area contributed by atoms with Crippen molar-refractivity contribution in [2.75, 3.05) is 13.2 Å². The number of amides is 1. The van der Waals surface area contributed by atoms with Gasteiger partial charge in [-0.1, -0.05) is 79.8 Å². The van der Waals surface area contributed by atoms with Gasteiger partial charge in [0.1, 0.15) is 0 Å². The summed E-state index contributed by atoms with van der Waals surface area (Å²) < 4.78 is 0. The first-order valence-electron chi connectivity index (χ1n) is 10.2. The summed E-state index contributed by atoms with van der Waals surface area (Å²) in [5, 5.41) is 21.1. The van der Waals surface area contributed by atoms with Gasteiger partial charge < -0.3 is 15.5 Å². The maximum Gasteiger partial charge on any atom is 0.220 e. The minimum atomic E-state index is -0.450. The quantitative estimate of drug-likeness (QED) is 0.269. The zero-order valence-electron chi connectivity index (χ0n) is 17.2. The molecular weight excluding hydrogens is 350 g/mol. The van der Waals surface area contributed by atoms with Gasteiger partial charge in [0.05, 0.1) is 12.7 Å². The standard InChI is InChI=1S/C24H37NO3/c1-2-3-4-5-9-12-15-18-23(27)19-16-13-10-7-6-8-11-14-17-20-24(28)25-21-22-26/h3-4,6-7,9,11-16,18,23,26-27H,2,5,8,10,17,19-22H2,1H3,(H,25,28)/b4-3-,7-6-,12-9-,14-11-,16-13-,18-15+. The minimum Gasteiger partial charge on any atom is -0.395 e. The van der Waals surface area contributed by atoms with E-state index in [2.05, 4.69) is 42.6 Å². The van der Waals surface area contributed by atoms with Crippen molar-refractivity contribution in [2.24, 2.45) is 0 Å². The van der Waals surface area contributed by atoms with Crippen LogP contribution in [0.4, 0.5) is 0 Å². The number of hydrogen-bond donors (Lipinski definition) is 3. The van der Waals surface area contributed by atoms with E-state index in [1.165, 1.54) is 0 Å². The van der Waals surface area contributed by atoms with E-state index in [1.54, 1.807) is 6.08 Å². The summed E-state index contributed by atoms with van der Waals surface area (Å²) in [6.45, 7) is 2.41. The van der Waals surface area contributed by atoms with Crippen LogP contribution < -0.4 is 5.32 Å². The van der Waals surface area contributed by atoms with Crippen molar-refractivity contribution < 1.29 is 15.0 Å². The summed E-state index contributed by atoms with van der Waals surface area (Å²) in [5.74, 6) is -0.0310. The molecule has 0 aliphatic carbocycles. The van der Waals surface area contributed by atoms with Crippen LogP contribution in [0.2, 0.25) is 0 Å². The molecule has 1 amide bonds. The number of aliphatic hydroxyl groups excluding tert-OH is 2.